The Hall–Kier alpha value is -2.36. The van der Waals surface area contributed by atoms with E-state index >= 15 is 0 Å². The van der Waals surface area contributed by atoms with Gasteiger partial charge in [-0.15, -0.1) is 0 Å². The molecule has 0 saturated carbocycles. The van der Waals surface area contributed by atoms with E-state index in [1.165, 1.54) is 0 Å². The summed E-state index contributed by atoms with van der Waals surface area (Å²) in [7, 11) is 0. The molecule has 4 heteroatoms. The molecular weight excluding hydrogens is 307 g/mol. The van der Waals surface area contributed by atoms with Crippen LogP contribution in [0.1, 0.15) is 57.8 Å². The van der Waals surface area contributed by atoms with Gasteiger partial charge in [-0.25, -0.2) is 4.98 Å². The molecule has 1 aromatic heterocycles. The van der Waals surface area contributed by atoms with Gasteiger partial charge in [-0.1, -0.05) is 52.8 Å². The highest BCUT2D eigenvalue weighted by atomic mass is 16.1. The van der Waals surface area contributed by atoms with E-state index in [1.54, 1.807) is 6.33 Å². The summed E-state index contributed by atoms with van der Waals surface area (Å²) < 4.78 is 2.03. The van der Waals surface area contributed by atoms with E-state index in [9.17, 15) is 4.79 Å². The van der Waals surface area contributed by atoms with Crippen molar-refractivity contribution in [2.75, 3.05) is 0 Å². The molecule has 2 aromatic carbocycles. The average molecular weight is 335 g/mol. The first kappa shape index (κ1) is 22.6. The normalized spacial score (nSPS) is 9.16. The third kappa shape index (κ3) is 5.59. The van der Waals surface area contributed by atoms with Crippen molar-refractivity contribution in [1.29, 1.82) is 0 Å². The van der Waals surface area contributed by atoms with Crippen molar-refractivity contribution in [3.8, 4) is 5.69 Å². The van der Waals surface area contributed by atoms with Crippen LogP contribution >= 0.6 is 0 Å². The number of nitrogens with zero attached hydrogens (tertiary/aromatic N) is 2. The number of aromatic nitrogens is 2. The Bertz CT molecular complexity index is 751. The van der Waals surface area contributed by atoms with Crippen LogP contribution in [0.2, 0.25) is 0 Å². The molecule has 0 spiro atoms. The molecule has 0 aliphatic heterocycles. The fourth-order valence-corrected chi connectivity index (χ4v) is 2.35. The van der Waals surface area contributed by atoms with E-state index in [-0.39, 0.29) is 14.2 Å². The third-order valence-electron chi connectivity index (χ3n) is 3.38. The smallest absolute Gasteiger partial charge is 0.162 e. The van der Waals surface area contributed by atoms with E-state index < -0.39 is 0 Å². The van der Waals surface area contributed by atoms with E-state index in [1.807, 2.05) is 87.7 Å². The van der Waals surface area contributed by atoms with Gasteiger partial charge in [0.1, 0.15) is 6.33 Å². The summed E-state index contributed by atoms with van der Waals surface area (Å²) in [6.45, 7) is 10.0. The number of fused-ring (bicyclic) bond motifs is 1. The predicted molar refractivity (Wildman–Crippen MR) is 109 cm³/mol. The van der Waals surface area contributed by atoms with E-state index in [0.717, 1.165) is 28.7 Å². The standard InChI is InChI=1S/C17H16N2O.2C2H6.B/c1-2-6-17(20)13-9-10-16-15(11-13)18-12-19(16)14-7-4-3-5-8-14;2*1-2;/h3-5,7-12H,2,6H2,1H3;2*1-2H3;. The first-order chi connectivity index (χ1) is 11.8. The molecule has 131 valence electrons. The van der Waals surface area contributed by atoms with Crippen LogP contribution in [-0.2, 0) is 0 Å². The largest absolute Gasteiger partial charge is 0.299 e. The lowest BCUT2D eigenvalue weighted by atomic mass is 10.1. The summed E-state index contributed by atoms with van der Waals surface area (Å²) in [6.07, 6.45) is 3.26. The number of Topliss-reactive ketones (excluding diaryl/α,β-unsaturated/α-hetero) is 1. The number of benzene rings is 2. The van der Waals surface area contributed by atoms with E-state index in [4.69, 9.17) is 0 Å². The van der Waals surface area contributed by atoms with Crippen LogP contribution < -0.4 is 0 Å². The van der Waals surface area contributed by atoms with Crippen molar-refractivity contribution in [1.82, 2.24) is 9.55 Å². The number of hydrogen-bond donors (Lipinski definition) is 0. The van der Waals surface area contributed by atoms with Gasteiger partial charge in [0, 0.05) is 26.1 Å². The van der Waals surface area contributed by atoms with Crippen LogP contribution in [0.3, 0.4) is 0 Å². The average Bonchev–Trinajstić information content (AvgIpc) is 3.09. The van der Waals surface area contributed by atoms with Crippen molar-refractivity contribution >= 4 is 25.2 Å². The summed E-state index contributed by atoms with van der Waals surface area (Å²) in [5, 5.41) is 0. The molecule has 0 saturated heterocycles. The van der Waals surface area contributed by atoms with Crippen molar-refractivity contribution in [2.45, 2.75) is 47.5 Å². The zero-order valence-corrected chi connectivity index (χ0v) is 16.0. The van der Waals surface area contributed by atoms with Crippen molar-refractivity contribution in [3.63, 3.8) is 0 Å². The van der Waals surface area contributed by atoms with Crippen molar-refractivity contribution in [3.05, 3.63) is 60.4 Å². The maximum absolute atomic E-state index is 11.9. The van der Waals surface area contributed by atoms with Crippen molar-refractivity contribution < 1.29 is 4.79 Å². The summed E-state index contributed by atoms with van der Waals surface area (Å²) in [6, 6.07) is 15.8. The Morgan fingerprint density at radius 3 is 2.24 bits per heavy atom. The van der Waals surface area contributed by atoms with E-state index in [0.29, 0.717) is 6.42 Å². The summed E-state index contributed by atoms with van der Waals surface area (Å²) >= 11 is 0. The van der Waals surface area contributed by atoms with Gasteiger partial charge in [0.25, 0.3) is 0 Å². The first-order valence-electron chi connectivity index (χ1n) is 8.85. The quantitative estimate of drug-likeness (QED) is 0.454. The lowest BCUT2D eigenvalue weighted by Crippen LogP contribution is -1.98. The minimum absolute atomic E-state index is 0. The van der Waals surface area contributed by atoms with Crippen LogP contribution in [0, 0.1) is 0 Å². The fourth-order valence-electron chi connectivity index (χ4n) is 2.35. The SMILES string of the molecule is CC.CC.CCCC(=O)c1ccc2c(c1)ncn2-c1ccccc1.[B]. The minimum atomic E-state index is 0. The second-order valence-corrected chi connectivity index (χ2v) is 4.83. The molecule has 1 heterocycles. The number of imidazole rings is 1. The number of carbonyl (C=O) groups excluding carboxylic acids is 1. The van der Waals surface area contributed by atoms with Crippen molar-refractivity contribution in [2.24, 2.45) is 0 Å². The van der Waals surface area contributed by atoms with Gasteiger partial charge in [0.15, 0.2) is 5.78 Å². The van der Waals surface area contributed by atoms with E-state index in [2.05, 4.69) is 4.98 Å². The number of hydrogen-bond acceptors (Lipinski definition) is 2. The highest BCUT2D eigenvalue weighted by molar-refractivity contribution is 5.99. The molecule has 0 fully saturated rings. The molecule has 3 radical (unpaired) electrons. The summed E-state index contributed by atoms with van der Waals surface area (Å²) in [4.78, 5) is 16.3. The van der Waals surface area contributed by atoms with Crippen LogP contribution in [0.15, 0.2) is 54.9 Å². The predicted octanol–water partition coefficient (Wildman–Crippen LogP) is 5.68. The van der Waals surface area contributed by atoms with Crippen LogP contribution in [-0.4, -0.2) is 23.7 Å². The molecule has 3 nitrogen and oxygen atoms in total. The highest BCUT2D eigenvalue weighted by Gasteiger charge is 2.09. The Morgan fingerprint density at radius 2 is 1.64 bits per heavy atom. The lowest BCUT2D eigenvalue weighted by molar-refractivity contribution is 0.0982. The first-order valence-corrected chi connectivity index (χ1v) is 8.85. The summed E-state index contributed by atoms with van der Waals surface area (Å²) in [5.41, 5.74) is 3.69. The molecule has 0 aliphatic carbocycles. The van der Waals surface area contributed by atoms with Gasteiger partial charge in [-0.05, 0) is 36.8 Å². The zero-order valence-electron chi connectivity index (χ0n) is 16.0. The van der Waals surface area contributed by atoms with Gasteiger partial charge in [-0.2, -0.15) is 0 Å². The Balaban J connectivity index is 0.00000108. The fraction of sp³-hybridized carbons (Fsp3) is 0.333. The molecule has 0 unspecified atom stereocenters. The molecule has 3 rings (SSSR count). The maximum Gasteiger partial charge on any atom is 0.162 e. The Kier molecular flexibility index (Phi) is 10.9. The Morgan fingerprint density at radius 1 is 1.00 bits per heavy atom. The monoisotopic (exact) mass is 335 g/mol. The molecule has 0 aliphatic rings. The second-order valence-electron chi connectivity index (χ2n) is 4.83. The zero-order chi connectivity index (χ0) is 17.9. The second kappa shape index (κ2) is 12.1. The molecule has 25 heavy (non-hydrogen) atoms. The Labute approximate surface area is 153 Å². The van der Waals surface area contributed by atoms with Gasteiger partial charge in [0.2, 0.25) is 0 Å². The van der Waals surface area contributed by atoms with Gasteiger partial charge >= 0.3 is 0 Å². The minimum Gasteiger partial charge on any atom is -0.299 e. The van der Waals surface area contributed by atoms with Gasteiger partial charge < -0.3 is 0 Å². The number of carbonyl (C=O) groups is 1. The third-order valence-corrected chi connectivity index (χ3v) is 3.38. The van der Waals surface area contributed by atoms with Gasteiger partial charge in [-0.3, -0.25) is 9.36 Å². The molecule has 0 bridgehead atoms. The summed E-state index contributed by atoms with van der Waals surface area (Å²) in [5.74, 6) is 0.184. The topological polar surface area (TPSA) is 34.9 Å². The number of ketones is 1. The van der Waals surface area contributed by atoms with Gasteiger partial charge in [0.05, 0.1) is 11.0 Å². The number of rotatable bonds is 4. The van der Waals surface area contributed by atoms with Crippen LogP contribution in [0.5, 0.6) is 0 Å². The molecule has 0 amide bonds. The maximum atomic E-state index is 11.9. The van der Waals surface area contributed by atoms with Crippen LogP contribution in [0.4, 0.5) is 0 Å². The highest BCUT2D eigenvalue weighted by Crippen LogP contribution is 2.20. The number of para-hydroxylation sites is 1. The molecule has 3 aromatic rings. The molecule has 0 N–H and O–H groups in total. The van der Waals surface area contributed by atoms with Crippen LogP contribution in [0.25, 0.3) is 16.7 Å². The molecule has 0 atom stereocenters. The lowest BCUT2D eigenvalue weighted by Gasteiger charge is -2.04. The molecular formula is C21H28BN2O.